The molecule has 0 unspecified atom stereocenters. The van der Waals surface area contributed by atoms with Crippen LogP contribution < -0.4 is 5.56 Å². The molecular formula is C25H25N3O5. The van der Waals surface area contributed by atoms with Gasteiger partial charge in [-0.15, -0.1) is 0 Å². The zero-order chi connectivity index (χ0) is 23.5. The predicted molar refractivity (Wildman–Crippen MR) is 122 cm³/mol. The first-order valence-electron chi connectivity index (χ1n) is 11.2. The molecule has 0 bridgehead atoms. The van der Waals surface area contributed by atoms with Crippen LogP contribution in [0.2, 0.25) is 0 Å². The van der Waals surface area contributed by atoms with Crippen molar-refractivity contribution in [2.24, 2.45) is 0 Å². The van der Waals surface area contributed by atoms with E-state index in [4.69, 9.17) is 9.72 Å². The molecule has 0 aliphatic carbocycles. The number of carbonyl (C=O) groups is 2. The summed E-state index contributed by atoms with van der Waals surface area (Å²) in [5.41, 5.74) is 1.18. The molecule has 0 saturated carbocycles. The van der Waals surface area contributed by atoms with Gasteiger partial charge in [-0.3, -0.25) is 9.59 Å². The van der Waals surface area contributed by atoms with Gasteiger partial charge in [0.15, 0.2) is 5.60 Å². The van der Waals surface area contributed by atoms with Crippen LogP contribution in [0.3, 0.4) is 0 Å². The maximum Gasteiger partial charge on any atom is 0.343 e. The number of rotatable bonds is 4. The summed E-state index contributed by atoms with van der Waals surface area (Å²) in [4.78, 5) is 45.9. The lowest BCUT2D eigenvalue weighted by atomic mass is 9.86. The first-order valence-corrected chi connectivity index (χ1v) is 11.2. The highest BCUT2D eigenvalue weighted by atomic mass is 16.6. The minimum absolute atomic E-state index is 0.0748. The predicted octanol–water partition coefficient (Wildman–Crippen LogP) is 2.56. The Kier molecular flexibility index (Phi) is 4.86. The quantitative estimate of drug-likeness (QED) is 0.483. The minimum Gasteiger partial charge on any atom is -0.458 e. The Labute approximate surface area is 190 Å². The number of aromatic nitrogens is 2. The summed E-state index contributed by atoms with van der Waals surface area (Å²) in [6.45, 7) is 6.65. The van der Waals surface area contributed by atoms with Crippen LogP contribution in [0.5, 0.6) is 0 Å². The molecule has 2 aliphatic heterocycles. The summed E-state index contributed by atoms with van der Waals surface area (Å²) in [5.74, 6) is -0.868. The highest BCUT2D eigenvalue weighted by molar-refractivity contribution is 6.09. The van der Waals surface area contributed by atoms with Crippen molar-refractivity contribution in [2.75, 3.05) is 13.1 Å². The molecule has 170 valence electrons. The second-order valence-electron chi connectivity index (χ2n) is 8.41. The van der Waals surface area contributed by atoms with Crippen LogP contribution >= 0.6 is 0 Å². The topological polar surface area (TPSA) is 102 Å². The van der Waals surface area contributed by atoms with Crippen molar-refractivity contribution in [3.63, 3.8) is 0 Å². The van der Waals surface area contributed by atoms with E-state index in [0.717, 1.165) is 5.39 Å². The number of ether oxygens (including phenoxy) is 1. The summed E-state index contributed by atoms with van der Waals surface area (Å²) in [6, 6.07) is 9.10. The van der Waals surface area contributed by atoms with Crippen molar-refractivity contribution in [3.05, 3.63) is 62.9 Å². The lowest BCUT2D eigenvalue weighted by Crippen LogP contribution is -2.44. The molecule has 4 heterocycles. The molecule has 2 aromatic heterocycles. The molecule has 33 heavy (non-hydrogen) atoms. The number of hydrogen-bond acceptors (Lipinski definition) is 6. The number of nitrogens with zero attached hydrogens (tertiary/aromatic N) is 3. The van der Waals surface area contributed by atoms with Crippen molar-refractivity contribution in [3.8, 4) is 11.4 Å². The van der Waals surface area contributed by atoms with Crippen molar-refractivity contribution >= 4 is 22.8 Å². The van der Waals surface area contributed by atoms with Crippen LogP contribution in [0.1, 0.15) is 54.2 Å². The third-order valence-corrected chi connectivity index (χ3v) is 6.86. The number of para-hydroxylation sites is 1. The van der Waals surface area contributed by atoms with Crippen LogP contribution in [0.4, 0.5) is 0 Å². The number of hydrogen-bond donors (Lipinski definition) is 1. The second kappa shape index (κ2) is 7.52. The fraction of sp³-hybridized carbons (Fsp3) is 0.360. The van der Waals surface area contributed by atoms with Crippen LogP contribution in [-0.2, 0) is 28.3 Å². The zero-order valence-corrected chi connectivity index (χ0v) is 18.8. The van der Waals surface area contributed by atoms with Gasteiger partial charge >= 0.3 is 5.97 Å². The third kappa shape index (κ3) is 2.87. The van der Waals surface area contributed by atoms with E-state index < -0.39 is 11.6 Å². The van der Waals surface area contributed by atoms with Gasteiger partial charge in [0.1, 0.15) is 6.61 Å². The van der Waals surface area contributed by atoms with E-state index in [1.807, 2.05) is 38.1 Å². The van der Waals surface area contributed by atoms with Crippen LogP contribution in [0.25, 0.3) is 22.3 Å². The van der Waals surface area contributed by atoms with E-state index in [1.165, 1.54) is 0 Å². The van der Waals surface area contributed by atoms with Gasteiger partial charge in [0.2, 0.25) is 0 Å². The standard InChI is InChI=1S/C25H25N3O5/c1-4-25(32)17-11-19-21-15(12-28(19)22(29)16(17)13-33-24(25)31)20(23(30)27(5-2)6-3)14-9-7-8-10-18(14)26-21/h7-11,32H,4-6,12-13H2,1-3H3/t25-/m0/s1. The molecule has 2 aliphatic rings. The number of pyridine rings is 2. The van der Waals surface area contributed by atoms with Crippen molar-refractivity contribution < 1.29 is 19.4 Å². The number of amides is 1. The first kappa shape index (κ1) is 21.3. The zero-order valence-electron chi connectivity index (χ0n) is 18.8. The Balaban J connectivity index is 1.82. The Morgan fingerprint density at radius 1 is 1.18 bits per heavy atom. The van der Waals surface area contributed by atoms with Crippen LogP contribution in [0, 0.1) is 0 Å². The fourth-order valence-electron chi connectivity index (χ4n) is 4.94. The van der Waals surface area contributed by atoms with E-state index in [-0.39, 0.29) is 42.2 Å². The molecule has 0 fully saturated rings. The molecule has 1 amide bonds. The number of carbonyl (C=O) groups excluding carboxylic acids is 2. The van der Waals surface area contributed by atoms with Crippen molar-refractivity contribution in [1.82, 2.24) is 14.5 Å². The fourth-order valence-corrected chi connectivity index (χ4v) is 4.94. The molecule has 8 heteroatoms. The van der Waals surface area contributed by atoms with E-state index in [2.05, 4.69) is 0 Å². The monoisotopic (exact) mass is 447 g/mol. The van der Waals surface area contributed by atoms with Crippen molar-refractivity contribution in [1.29, 1.82) is 0 Å². The molecular weight excluding hydrogens is 422 g/mol. The normalized spacial score (nSPS) is 18.5. The molecule has 1 N–H and O–H groups in total. The maximum absolute atomic E-state index is 13.6. The SMILES string of the molecule is CCN(CC)C(=O)c1c2c(nc3ccccc13)-c1cc3c(c(=O)n1C2)COC(=O)[C@]3(O)CC. The van der Waals surface area contributed by atoms with Gasteiger partial charge in [-0.05, 0) is 32.4 Å². The second-order valence-corrected chi connectivity index (χ2v) is 8.41. The lowest BCUT2D eigenvalue weighted by Gasteiger charge is -2.31. The smallest absolute Gasteiger partial charge is 0.343 e. The summed E-state index contributed by atoms with van der Waals surface area (Å²) >= 11 is 0. The Morgan fingerprint density at radius 2 is 1.91 bits per heavy atom. The van der Waals surface area contributed by atoms with Crippen LogP contribution in [-0.4, -0.2) is 44.5 Å². The number of benzene rings is 1. The molecule has 8 nitrogen and oxygen atoms in total. The molecule has 5 rings (SSSR count). The average Bonchev–Trinajstić information content (AvgIpc) is 3.19. The van der Waals surface area contributed by atoms with Gasteiger partial charge in [-0.25, -0.2) is 9.78 Å². The van der Waals surface area contributed by atoms with Gasteiger partial charge in [0.05, 0.1) is 34.6 Å². The van der Waals surface area contributed by atoms with E-state index in [1.54, 1.807) is 22.5 Å². The van der Waals surface area contributed by atoms with Crippen LogP contribution in [0.15, 0.2) is 35.1 Å². The number of aliphatic hydroxyl groups is 1. The number of fused-ring (bicyclic) bond motifs is 5. The highest BCUT2D eigenvalue weighted by Crippen LogP contribution is 2.40. The molecule has 0 spiro atoms. The Bertz CT molecular complexity index is 1390. The van der Waals surface area contributed by atoms with E-state index >= 15 is 0 Å². The van der Waals surface area contributed by atoms with Gasteiger partial charge < -0.3 is 19.3 Å². The Morgan fingerprint density at radius 3 is 2.61 bits per heavy atom. The first-order chi connectivity index (χ1) is 15.8. The summed E-state index contributed by atoms with van der Waals surface area (Å²) in [6.07, 6.45) is 0.0748. The van der Waals surface area contributed by atoms with E-state index in [0.29, 0.717) is 41.1 Å². The maximum atomic E-state index is 13.6. The largest absolute Gasteiger partial charge is 0.458 e. The van der Waals surface area contributed by atoms with Gasteiger partial charge in [-0.1, -0.05) is 25.1 Å². The van der Waals surface area contributed by atoms with E-state index in [9.17, 15) is 19.5 Å². The third-order valence-electron chi connectivity index (χ3n) is 6.86. The minimum atomic E-state index is -1.89. The Hall–Kier alpha value is -3.52. The molecule has 3 aromatic rings. The molecule has 0 radical (unpaired) electrons. The van der Waals surface area contributed by atoms with Gasteiger partial charge in [0, 0.05) is 29.6 Å². The van der Waals surface area contributed by atoms with Crippen molar-refractivity contribution in [2.45, 2.75) is 45.9 Å². The molecule has 1 aromatic carbocycles. The van der Waals surface area contributed by atoms with Gasteiger partial charge in [-0.2, -0.15) is 0 Å². The summed E-state index contributed by atoms with van der Waals surface area (Å²) < 4.78 is 6.69. The highest BCUT2D eigenvalue weighted by Gasteiger charge is 2.45. The average molecular weight is 447 g/mol. The van der Waals surface area contributed by atoms with Gasteiger partial charge in [0.25, 0.3) is 11.5 Å². The molecule has 0 saturated heterocycles. The lowest BCUT2D eigenvalue weighted by molar-refractivity contribution is -0.172. The number of cyclic esters (lactones) is 1. The molecule has 1 atom stereocenters. The number of esters is 1. The summed E-state index contributed by atoms with van der Waals surface area (Å²) in [7, 11) is 0. The summed E-state index contributed by atoms with van der Waals surface area (Å²) in [5, 5.41) is 11.8.